The summed E-state index contributed by atoms with van der Waals surface area (Å²) < 4.78 is 16.3. The molecule has 0 radical (unpaired) electrons. The average Bonchev–Trinajstić information content (AvgIpc) is 3.08. The van der Waals surface area contributed by atoms with Crippen LogP contribution in [-0.4, -0.2) is 30.6 Å². The molecule has 0 saturated carbocycles. The minimum atomic E-state index is -1.14. The maximum Gasteiger partial charge on any atom is 0.337 e. The van der Waals surface area contributed by atoms with Crippen molar-refractivity contribution < 1.29 is 14.3 Å². The molecule has 0 atom stereocenters. The fourth-order valence-electron chi connectivity index (χ4n) is 3.85. The third-order valence-corrected chi connectivity index (χ3v) is 5.49. The summed E-state index contributed by atoms with van der Waals surface area (Å²) in [5, 5.41) is 11.1. The van der Waals surface area contributed by atoms with Crippen LogP contribution in [0.2, 0.25) is 5.02 Å². The lowest BCUT2D eigenvalue weighted by Gasteiger charge is -2.12. The van der Waals surface area contributed by atoms with Crippen LogP contribution < -0.4 is 0 Å². The Hall–Kier alpha value is -3.84. The number of aromatic nitrogens is 4. The summed E-state index contributed by atoms with van der Waals surface area (Å²) in [6, 6.07) is 12.0. The van der Waals surface area contributed by atoms with Crippen LogP contribution in [0.1, 0.15) is 16.2 Å². The SMILES string of the molecule is Cc1nc2c(C(=O)O)cc(-c3ccncc3F)cc2n1-c1ccnc2c(Cl)cccc12. The van der Waals surface area contributed by atoms with Gasteiger partial charge in [-0.3, -0.25) is 14.5 Å². The highest BCUT2D eigenvalue weighted by Gasteiger charge is 2.21. The highest BCUT2D eigenvalue weighted by Crippen LogP contribution is 2.34. The van der Waals surface area contributed by atoms with E-state index in [4.69, 9.17) is 11.6 Å². The summed E-state index contributed by atoms with van der Waals surface area (Å²) in [6.07, 6.45) is 4.20. The predicted octanol–water partition coefficient (Wildman–Crippen LogP) is 5.43. The molecule has 6 nitrogen and oxygen atoms in total. The van der Waals surface area contributed by atoms with E-state index in [0.717, 1.165) is 17.3 Å². The van der Waals surface area contributed by atoms with Crippen molar-refractivity contribution in [3.8, 4) is 16.8 Å². The number of benzene rings is 2. The fourth-order valence-corrected chi connectivity index (χ4v) is 4.07. The molecule has 3 heterocycles. The van der Waals surface area contributed by atoms with Crippen LogP contribution in [0.15, 0.2) is 61.1 Å². The summed E-state index contributed by atoms with van der Waals surface area (Å²) in [7, 11) is 0. The van der Waals surface area contributed by atoms with Crippen LogP contribution in [0.4, 0.5) is 4.39 Å². The molecule has 3 aromatic heterocycles. The van der Waals surface area contributed by atoms with Crippen LogP contribution in [0.25, 0.3) is 38.8 Å². The number of pyridine rings is 2. The van der Waals surface area contributed by atoms with E-state index in [0.29, 0.717) is 33.0 Å². The molecule has 8 heteroatoms. The first-order valence-corrected chi connectivity index (χ1v) is 9.73. The van der Waals surface area contributed by atoms with Crippen molar-refractivity contribution in [3.05, 3.63) is 83.3 Å². The number of aryl methyl sites for hydroxylation is 1. The van der Waals surface area contributed by atoms with E-state index >= 15 is 0 Å². The van der Waals surface area contributed by atoms with Gasteiger partial charge in [0.05, 0.1) is 33.5 Å². The zero-order valence-corrected chi connectivity index (χ0v) is 16.9. The molecule has 0 spiro atoms. The van der Waals surface area contributed by atoms with E-state index in [-0.39, 0.29) is 11.1 Å². The highest BCUT2D eigenvalue weighted by atomic mass is 35.5. The largest absolute Gasteiger partial charge is 0.478 e. The van der Waals surface area contributed by atoms with Crippen molar-refractivity contribution in [1.82, 2.24) is 19.5 Å². The summed E-state index contributed by atoms with van der Waals surface area (Å²) in [6.45, 7) is 1.79. The van der Waals surface area contributed by atoms with E-state index in [9.17, 15) is 14.3 Å². The highest BCUT2D eigenvalue weighted by molar-refractivity contribution is 6.35. The van der Waals surface area contributed by atoms with Gasteiger partial charge in [0.25, 0.3) is 0 Å². The summed E-state index contributed by atoms with van der Waals surface area (Å²) in [5.74, 6) is -1.10. The number of halogens is 2. The first kappa shape index (κ1) is 19.1. The van der Waals surface area contributed by atoms with Gasteiger partial charge in [0.2, 0.25) is 0 Å². The maximum absolute atomic E-state index is 14.4. The van der Waals surface area contributed by atoms with Crippen LogP contribution in [0.3, 0.4) is 0 Å². The Morgan fingerprint density at radius 1 is 1.13 bits per heavy atom. The second-order valence-electron chi connectivity index (χ2n) is 7.01. The first-order chi connectivity index (χ1) is 15.0. The number of carbonyl (C=O) groups is 1. The number of hydrogen-bond acceptors (Lipinski definition) is 4. The number of nitrogens with zero attached hydrogens (tertiary/aromatic N) is 4. The Balaban J connectivity index is 1.90. The molecule has 1 N–H and O–H groups in total. The summed E-state index contributed by atoms with van der Waals surface area (Å²) in [4.78, 5) is 24.7. The number of aromatic carboxylic acids is 1. The summed E-state index contributed by atoms with van der Waals surface area (Å²) >= 11 is 6.33. The molecule has 2 aromatic carbocycles. The van der Waals surface area contributed by atoms with E-state index in [1.807, 2.05) is 22.8 Å². The molecule has 0 aliphatic carbocycles. The fraction of sp³-hybridized carbons (Fsp3) is 0.0435. The number of fused-ring (bicyclic) bond motifs is 2. The zero-order valence-electron chi connectivity index (χ0n) is 16.2. The van der Waals surface area contributed by atoms with E-state index < -0.39 is 11.8 Å². The number of imidazole rings is 1. The molecule has 0 aliphatic rings. The molecular formula is C23H14ClFN4O2. The third-order valence-electron chi connectivity index (χ3n) is 5.18. The molecular weight excluding hydrogens is 419 g/mol. The molecule has 0 fully saturated rings. The monoisotopic (exact) mass is 432 g/mol. The van der Waals surface area contributed by atoms with Gasteiger partial charge in [-0.1, -0.05) is 23.7 Å². The van der Waals surface area contributed by atoms with Gasteiger partial charge in [0, 0.05) is 23.3 Å². The number of rotatable bonds is 3. The average molecular weight is 433 g/mol. The van der Waals surface area contributed by atoms with E-state index in [2.05, 4.69) is 15.0 Å². The summed E-state index contributed by atoms with van der Waals surface area (Å²) in [5.41, 5.74) is 2.89. The molecule has 152 valence electrons. The van der Waals surface area contributed by atoms with Gasteiger partial charge in [0.1, 0.15) is 17.2 Å². The topological polar surface area (TPSA) is 80.9 Å². The number of hydrogen-bond donors (Lipinski definition) is 1. The van der Waals surface area contributed by atoms with Gasteiger partial charge in [-0.25, -0.2) is 14.2 Å². The number of para-hydroxylation sites is 1. The van der Waals surface area contributed by atoms with Gasteiger partial charge in [-0.15, -0.1) is 0 Å². The minimum absolute atomic E-state index is 0.0121. The second kappa shape index (κ2) is 7.14. The normalized spacial score (nSPS) is 11.3. The quantitative estimate of drug-likeness (QED) is 0.411. The van der Waals surface area contributed by atoms with Gasteiger partial charge in [0.15, 0.2) is 0 Å². The Labute approximate surface area is 180 Å². The Bertz CT molecular complexity index is 1510. The lowest BCUT2D eigenvalue weighted by Crippen LogP contribution is -2.01. The lowest BCUT2D eigenvalue weighted by atomic mass is 10.0. The maximum atomic E-state index is 14.4. The molecule has 0 saturated heterocycles. The van der Waals surface area contributed by atoms with Crippen LogP contribution >= 0.6 is 11.6 Å². The van der Waals surface area contributed by atoms with Crippen LogP contribution in [0, 0.1) is 12.7 Å². The molecule has 0 unspecified atom stereocenters. The van der Waals surface area contributed by atoms with Gasteiger partial charge < -0.3 is 5.11 Å². The molecule has 31 heavy (non-hydrogen) atoms. The van der Waals surface area contributed by atoms with Gasteiger partial charge in [-0.05, 0) is 42.8 Å². The van der Waals surface area contributed by atoms with E-state index in [1.165, 1.54) is 18.3 Å². The third kappa shape index (κ3) is 3.02. The van der Waals surface area contributed by atoms with Crippen molar-refractivity contribution in [2.45, 2.75) is 6.92 Å². The zero-order chi connectivity index (χ0) is 21.7. The Morgan fingerprint density at radius 3 is 2.74 bits per heavy atom. The standard InChI is InChI=1S/C23H14ClFN4O2/c1-12-28-22-16(23(30)31)9-13(14-5-7-26-11-18(14)25)10-20(22)29(12)19-6-8-27-21-15(19)3-2-4-17(21)24/h2-11H,1H3,(H,30,31). The van der Waals surface area contributed by atoms with Gasteiger partial charge in [-0.2, -0.15) is 0 Å². The van der Waals surface area contributed by atoms with Crippen molar-refractivity contribution in [2.75, 3.05) is 0 Å². The van der Waals surface area contributed by atoms with Crippen molar-refractivity contribution in [2.24, 2.45) is 0 Å². The molecule has 0 bridgehead atoms. The smallest absolute Gasteiger partial charge is 0.337 e. The molecule has 5 rings (SSSR count). The van der Waals surface area contributed by atoms with E-state index in [1.54, 1.807) is 25.3 Å². The lowest BCUT2D eigenvalue weighted by molar-refractivity contribution is 0.0699. The van der Waals surface area contributed by atoms with Crippen LogP contribution in [-0.2, 0) is 0 Å². The molecule has 0 aliphatic heterocycles. The molecule has 0 amide bonds. The van der Waals surface area contributed by atoms with Crippen LogP contribution in [0.5, 0.6) is 0 Å². The molecule has 5 aromatic rings. The minimum Gasteiger partial charge on any atom is -0.478 e. The number of carboxylic acid groups (broad SMARTS) is 1. The second-order valence-corrected chi connectivity index (χ2v) is 7.42. The first-order valence-electron chi connectivity index (χ1n) is 9.35. The van der Waals surface area contributed by atoms with Crippen molar-refractivity contribution in [1.29, 1.82) is 0 Å². The van der Waals surface area contributed by atoms with Crippen molar-refractivity contribution >= 4 is 39.5 Å². The Kier molecular flexibility index (Phi) is 4.41. The Morgan fingerprint density at radius 2 is 1.97 bits per heavy atom. The number of carboxylic acids is 1. The van der Waals surface area contributed by atoms with Crippen molar-refractivity contribution in [3.63, 3.8) is 0 Å². The van der Waals surface area contributed by atoms with Gasteiger partial charge >= 0.3 is 5.97 Å². The predicted molar refractivity (Wildman–Crippen MR) is 116 cm³/mol.